The van der Waals surface area contributed by atoms with Crippen LogP contribution in [0.2, 0.25) is 0 Å². The van der Waals surface area contributed by atoms with E-state index in [0.29, 0.717) is 18.0 Å². The zero-order valence-corrected chi connectivity index (χ0v) is 22.4. The number of hydrogen-bond acceptors (Lipinski definition) is 4. The summed E-state index contributed by atoms with van der Waals surface area (Å²) in [5, 5.41) is 11.2. The Bertz CT molecular complexity index is 1020. The van der Waals surface area contributed by atoms with Crippen molar-refractivity contribution in [2.24, 2.45) is 0 Å². The van der Waals surface area contributed by atoms with Crippen LogP contribution in [0.1, 0.15) is 88.4 Å². The van der Waals surface area contributed by atoms with Crippen LogP contribution in [-0.2, 0) is 9.59 Å². The highest BCUT2D eigenvalue weighted by molar-refractivity contribution is 6.46. The van der Waals surface area contributed by atoms with Crippen molar-refractivity contribution < 1.29 is 14.7 Å². The van der Waals surface area contributed by atoms with Gasteiger partial charge in [-0.25, -0.2) is 0 Å². The zero-order chi connectivity index (χ0) is 26.1. The molecule has 1 heterocycles. The van der Waals surface area contributed by atoms with Crippen LogP contribution < -0.4 is 0 Å². The average Bonchev–Trinajstić information content (AvgIpc) is 3.15. The first-order valence-electron chi connectivity index (χ1n) is 13.5. The third-order valence-electron chi connectivity index (χ3n) is 7.04. The highest BCUT2D eigenvalue weighted by Crippen LogP contribution is 2.39. The molecule has 194 valence electrons. The lowest BCUT2D eigenvalue weighted by molar-refractivity contribution is -0.140. The highest BCUT2D eigenvalue weighted by Gasteiger charge is 2.45. The van der Waals surface area contributed by atoms with Crippen LogP contribution in [-0.4, -0.2) is 52.8 Å². The molecule has 5 heteroatoms. The van der Waals surface area contributed by atoms with Crippen molar-refractivity contribution in [3.05, 3.63) is 76.9 Å². The molecule has 0 bridgehead atoms. The lowest BCUT2D eigenvalue weighted by Gasteiger charge is -2.27. The van der Waals surface area contributed by atoms with Crippen molar-refractivity contribution in [1.29, 1.82) is 0 Å². The number of carbonyl (C=O) groups is 2. The van der Waals surface area contributed by atoms with Crippen LogP contribution >= 0.6 is 0 Å². The molecular weight excluding hydrogens is 448 g/mol. The molecule has 1 aliphatic rings. The van der Waals surface area contributed by atoms with Gasteiger partial charge in [0.2, 0.25) is 0 Å². The van der Waals surface area contributed by atoms with Gasteiger partial charge in [-0.3, -0.25) is 9.59 Å². The van der Waals surface area contributed by atoms with E-state index >= 15 is 0 Å². The number of nitrogens with zero attached hydrogens (tertiary/aromatic N) is 2. The summed E-state index contributed by atoms with van der Waals surface area (Å²) in [5.74, 6) is -0.865. The number of likely N-dealkylation sites (tertiary alicyclic amines) is 1. The number of aliphatic hydroxyl groups is 1. The molecule has 1 N–H and O–H groups in total. The van der Waals surface area contributed by atoms with Gasteiger partial charge in [-0.1, -0.05) is 95.1 Å². The first kappa shape index (κ1) is 27.7. The minimum absolute atomic E-state index is 0.109. The van der Waals surface area contributed by atoms with E-state index < -0.39 is 17.7 Å². The third kappa shape index (κ3) is 6.64. The number of rotatable bonds is 13. The SMILES string of the molecule is CCCCN(CCCC)CCCN1C(=O)C(=O)C(=C(O)c2ccccc2)C1c1ccc(C(C)C)cc1. The Morgan fingerprint density at radius 1 is 0.889 bits per heavy atom. The van der Waals surface area contributed by atoms with E-state index in [1.54, 1.807) is 17.0 Å². The van der Waals surface area contributed by atoms with Crippen LogP contribution in [0.25, 0.3) is 5.76 Å². The van der Waals surface area contributed by atoms with Gasteiger partial charge in [-0.15, -0.1) is 0 Å². The van der Waals surface area contributed by atoms with Crippen molar-refractivity contribution >= 4 is 17.4 Å². The van der Waals surface area contributed by atoms with E-state index in [1.807, 2.05) is 30.3 Å². The summed E-state index contributed by atoms with van der Waals surface area (Å²) in [6.07, 6.45) is 5.42. The van der Waals surface area contributed by atoms with E-state index in [1.165, 1.54) is 5.56 Å². The Labute approximate surface area is 216 Å². The van der Waals surface area contributed by atoms with Crippen LogP contribution in [0.4, 0.5) is 0 Å². The summed E-state index contributed by atoms with van der Waals surface area (Å²) in [4.78, 5) is 30.6. The fourth-order valence-electron chi connectivity index (χ4n) is 4.84. The van der Waals surface area contributed by atoms with E-state index in [9.17, 15) is 14.7 Å². The van der Waals surface area contributed by atoms with Crippen molar-refractivity contribution in [3.63, 3.8) is 0 Å². The summed E-state index contributed by atoms with van der Waals surface area (Å²) in [5.41, 5.74) is 2.77. The predicted molar refractivity (Wildman–Crippen MR) is 147 cm³/mol. The van der Waals surface area contributed by atoms with Crippen molar-refractivity contribution in [3.8, 4) is 0 Å². The lowest BCUT2D eigenvalue weighted by atomic mass is 9.93. The van der Waals surface area contributed by atoms with Gasteiger partial charge in [-0.2, -0.15) is 0 Å². The van der Waals surface area contributed by atoms with E-state index in [0.717, 1.165) is 57.3 Å². The summed E-state index contributed by atoms with van der Waals surface area (Å²) in [6, 6.07) is 16.5. The quantitative estimate of drug-likeness (QED) is 0.197. The van der Waals surface area contributed by atoms with Gasteiger partial charge in [0.05, 0.1) is 11.6 Å². The van der Waals surface area contributed by atoms with Gasteiger partial charge in [0.25, 0.3) is 11.7 Å². The zero-order valence-electron chi connectivity index (χ0n) is 22.4. The molecule has 0 aliphatic carbocycles. The van der Waals surface area contributed by atoms with Crippen LogP contribution in [0.5, 0.6) is 0 Å². The minimum Gasteiger partial charge on any atom is -0.507 e. The van der Waals surface area contributed by atoms with Gasteiger partial charge < -0.3 is 14.9 Å². The second kappa shape index (κ2) is 13.4. The number of amides is 1. The molecule has 1 saturated heterocycles. The van der Waals surface area contributed by atoms with Gasteiger partial charge >= 0.3 is 0 Å². The maximum atomic E-state index is 13.2. The summed E-state index contributed by atoms with van der Waals surface area (Å²) >= 11 is 0. The molecule has 1 unspecified atom stereocenters. The molecule has 1 aliphatic heterocycles. The molecule has 1 fully saturated rings. The maximum absolute atomic E-state index is 13.2. The van der Waals surface area contributed by atoms with Gasteiger partial charge in [0, 0.05) is 12.1 Å². The van der Waals surface area contributed by atoms with Gasteiger partial charge in [-0.05, 0) is 55.9 Å². The molecule has 1 amide bonds. The van der Waals surface area contributed by atoms with Crippen molar-refractivity contribution in [2.45, 2.75) is 71.8 Å². The van der Waals surface area contributed by atoms with E-state index in [-0.39, 0.29) is 11.3 Å². The fraction of sp³-hybridized carbons (Fsp3) is 0.484. The first-order chi connectivity index (χ1) is 17.4. The number of Topliss-reactive ketones (excluding diaryl/α,β-unsaturated/α-hetero) is 1. The normalized spacial score (nSPS) is 17.5. The van der Waals surface area contributed by atoms with Crippen molar-refractivity contribution in [2.75, 3.05) is 26.2 Å². The smallest absolute Gasteiger partial charge is 0.295 e. The fourth-order valence-corrected chi connectivity index (χ4v) is 4.84. The van der Waals surface area contributed by atoms with Crippen LogP contribution in [0, 0.1) is 0 Å². The molecule has 1 atom stereocenters. The number of carbonyl (C=O) groups excluding carboxylic acids is 2. The van der Waals surface area contributed by atoms with E-state index in [4.69, 9.17) is 0 Å². The molecule has 2 aromatic rings. The largest absolute Gasteiger partial charge is 0.507 e. The highest BCUT2D eigenvalue weighted by atomic mass is 16.3. The molecule has 3 rings (SSSR count). The van der Waals surface area contributed by atoms with Gasteiger partial charge in [0.1, 0.15) is 5.76 Å². The summed E-state index contributed by atoms with van der Waals surface area (Å²) in [6.45, 7) is 12.2. The van der Waals surface area contributed by atoms with Crippen LogP contribution in [0.3, 0.4) is 0 Å². The Morgan fingerprint density at radius 2 is 1.47 bits per heavy atom. The molecule has 0 radical (unpaired) electrons. The molecular formula is C31H42N2O3. The number of hydrogen-bond donors (Lipinski definition) is 1. The van der Waals surface area contributed by atoms with Crippen molar-refractivity contribution in [1.82, 2.24) is 9.80 Å². The molecule has 2 aromatic carbocycles. The summed E-state index contributed by atoms with van der Waals surface area (Å²) in [7, 11) is 0. The molecule has 0 saturated carbocycles. The minimum atomic E-state index is -0.608. The molecule has 36 heavy (non-hydrogen) atoms. The average molecular weight is 491 g/mol. The number of benzene rings is 2. The third-order valence-corrected chi connectivity index (χ3v) is 7.04. The Morgan fingerprint density at radius 3 is 2.03 bits per heavy atom. The first-order valence-corrected chi connectivity index (χ1v) is 13.5. The topological polar surface area (TPSA) is 60.9 Å². The second-order valence-corrected chi connectivity index (χ2v) is 10.1. The summed E-state index contributed by atoms with van der Waals surface area (Å²) < 4.78 is 0. The standard InChI is InChI=1S/C31H42N2O3/c1-5-7-19-32(20-8-6-2)21-12-22-33-28(25-17-15-24(16-18-25)23(3)4)27(30(35)31(33)36)29(34)26-13-10-9-11-14-26/h9-11,13-18,23,28,34H,5-8,12,19-22H2,1-4H3. The number of ketones is 1. The maximum Gasteiger partial charge on any atom is 0.295 e. The monoisotopic (exact) mass is 490 g/mol. The molecule has 5 nitrogen and oxygen atoms in total. The van der Waals surface area contributed by atoms with Crippen LogP contribution in [0.15, 0.2) is 60.2 Å². The predicted octanol–water partition coefficient (Wildman–Crippen LogP) is 6.52. The second-order valence-electron chi connectivity index (χ2n) is 10.1. The number of aliphatic hydroxyl groups excluding tert-OH is 1. The van der Waals surface area contributed by atoms with E-state index in [2.05, 4.69) is 44.7 Å². The number of unbranched alkanes of at least 4 members (excludes halogenated alkanes) is 2. The van der Waals surface area contributed by atoms with Gasteiger partial charge in [0.15, 0.2) is 0 Å². The molecule has 0 spiro atoms. The Kier molecular flexibility index (Phi) is 10.3. The Balaban J connectivity index is 1.91. The Hall–Kier alpha value is -2.92. The lowest BCUT2D eigenvalue weighted by Crippen LogP contribution is -2.34. The molecule has 0 aromatic heterocycles.